The Balaban J connectivity index is 1.68. The minimum atomic E-state index is 0.219. The molecule has 2 N–H and O–H groups in total. The van der Waals surface area contributed by atoms with Gasteiger partial charge in [0.1, 0.15) is 0 Å². The Labute approximate surface area is 118 Å². The Hall–Kier alpha value is -1.72. The largest absolute Gasteiger partial charge is 0.378 e. The molecular weight excluding hydrogens is 254 g/mol. The van der Waals surface area contributed by atoms with E-state index < -0.39 is 0 Å². The number of hydrogen-bond acceptors (Lipinski definition) is 5. The molecule has 5 heteroatoms. The smallest absolute Gasteiger partial charge is 0.229 e. The van der Waals surface area contributed by atoms with Crippen molar-refractivity contribution in [3.8, 4) is 11.4 Å². The van der Waals surface area contributed by atoms with Crippen molar-refractivity contribution in [2.75, 3.05) is 6.61 Å². The lowest BCUT2D eigenvalue weighted by Crippen LogP contribution is -2.21. The summed E-state index contributed by atoms with van der Waals surface area (Å²) in [6.07, 6.45) is 4.36. The monoisotopic (exact) mass is 273 g/mol. The van der Waals surface area contributed by atoms with Gasteiger partial charge in [-0.1, -0.05) is 29.4 Å². The zero-order valence-corrected chi connectivity index (χ0v) is 11.4. The first kappa shape index (κ1) is 13.3. The van der Waals surface area contributed by atoms with Gasteiger partial charge >= 0.3 is 0 Å². The number of nitrogens with two attached hydrogens (primary N) is 1. The van der Waals surface area contributed by atoms with Gasteiger partial charge in [-0.15, -0.1) is 0 Å². The van der Waals surface area contributed by atoms with Crippen LogP contribution in [0.25, 0.3) is 11.4 Å². The third kappa shape index (κ3) is 3.05. The van der Waals surface area contributed by atoms with Crippen LogP contribution in [0.15, 0.2) is 28.8 Å². The van der Waals surface area contributed by atoms with E-state index in [0.29, 0.717) is 24.7 Å². The highest BCUT2D eigenvalue weighted by Gasteiger charge is 2.18. The van der Waals surface area contributed by atoms with Gasteiger partial charge in [-0.3, -0.25) is 0 Å². The van der Waals surface area contributed by atoms with Crippen molar-refractivity contribution in [2.24, 2.45) is 5.73 Å². The van der Waals surface area contributed by atoms with Gasteiger partial charge < -0.3 is 15.0 Å². The first-order valence-corrected chi connectivity index (χ1v) is 7.09. The van der Waals surface area contributed by atoms with Gasteiger partial charge in [-0.05, 0) is 24.8 Å². The molecule has 1 aromatic heterocycles. The summed E-state index contributed by atoms with van der Waals surface area (Å²) in [5.74, 6) is 1.27. The first-order chi connectivity index (χ1) is 9.85. The number of benzene rings is 1. The van der Waals surface area contributed by atoms with Crippen LogP contribution in [-0.4, -0.2) is 22.9 Å². The van der Waals surface area contributed by atoms with E-state index in [4.69, 9.17) is 15.0 Å². The van der Waals surface area contributed by atoms with Crippen LogP contribution in [0, 0.1) is 0 Å². The summed E-state index contributed by atoms with van der Waals surface area (Å²) < 4.78 is 11.0. The van der Waals surface area contributed by atoms with Gasteiger partial charge in [0, 0.05) is 18.7 Å². The van der Waals surface area contributed by atoms with Crippen LogP contribution in [0.3, 0.4) is 0 Å². The van der Waals surface area contributed by atoms with E-state index in [2.05, 4.69) is 10.1 Å². The van der Waals surface area contributed by atoms with E-state index in [1.165, 1.54) is 6.42 Å². The molecule has 1 aromatic carbocycles. The first-order valence-electron chi connectivity index (χ1n) is 7.09. The van der Waals surface area contributed by atoms with Gasteiger partial charge in [0.25, 0.3) is 0 Å². The molecule has 1 aliphatic rings. The lowest BCUT2D eigenvalue weighted by atomic mass is 10.1. The van der Waals surface area contributed by atoms with Crippen molar-refractivity contribution >= 4 is 0 Å². The molecular formula is C15H19N3O2. The Kier molecular flexibility index (Phi) is 4.08. The third-order valence-electron chi connectivity index (χ3n) is 3.59. The minimum Gasteiger partial charge on any atom is -0.378 e. The Morgan fingerprint density at radius 3 is 2.75 bits per heavy atom. The highest BCUT2D eigenvalue weighted by atomic mass is 16.5. The van der Waals surface area contributed by atoms with Gasteiger partial charge in [0.05, 0.1) is 12.5 Å². The summed E-state index contributed by atoms with van der Waals surface area (Å²) >= 11 is 0. The van der Waals surface area contributed by atoms with Crippen LogP contribution < -0.4 is 5.73 Å². The second-order valence-electron chi connectivity index (χ2n) is 5.11. The molecule has 3 rings (SSSR count). The highest BCUT2D eigenvalue weighted by molar-refractivity contribution is 5.54. The van der Waals surface area contributed by atoms with Crippen LogP contribution in [0.2, 0.25) is 0 Å². The number of ether oxygens (including phenoxy) is 1. The van der Waals surface area contributed by atoms with Crippen molar-refractivity contribution in [2.45, 2.75) is 38.3 Å². The molecule has 0 amide bonds. The molecule has 0 aliphatic carbocycles. The molecule has 1 atom stereocenters. The third-order valence-corrected chi connectivity index (χ3v) is 3.59. The van der Waals surface area contributed by atoms with E-state index in [0.717, 1.165) is 30.6 Å². The Bertz CT molecular complexity index is 545. The van der Waals surface area contributed by atoms with E-state index in [9.17, 15) is 0 Å². The molecule has 0 bridgehead atoms. The molecule has 0 radical (unpaired) electrons. The van der Waals surface area contributed by atoms with Gasteiger partial charge in [0.2, 0.25) is 11.7 Å². The molecule has 1 saturated heterocycles. The van der Waals surface area contributed by atoms with Crippen LogP contribution in [0.5, 0.6) is 0 Å². The van der Waals surface area contributed by atoms with E-state index in [1.54, 1.807) is 0 Å². The zero-order valence-electron chi connectivity index (χ0n) is 11.4. The average molecular weight is 273 g/mol. The molecule has 1 aliphatic heterocycles. The Morgan fingerprint density at radius 2 is 2.05 bits per heavy atom. The summed E-state index contributed by atoms with van der Waals surface area (Å²) in [7, 11) is 0. The average Bonchev–Trinajstić information content (AvgIpc) is 2.97. The normalized spacial score (nSPS) is 19.1. The topological polar surface area (TPSA) is 74.2 Å². The van der Waals surface area contributed by atoms with Gasteiger partial charge in [-0.2, -0.15) is 4.98 Å². The van der Waals surface area contributed by atoms with Crippen LogP contribution in [0.4, 0.5) is 0 Å². The quantitative estimate of drug-likeness (QED) is 0.925. The molecule has 1 fully saturated rings. The van der Waals surface area contributed by atoms with Crippen LogP contribution >= 0.6 is 0 Å². The summed E-state index contributed by atoms with van der Waals surface area (Å²) in [6, 6.07) is 7.90. The summed E-state index contributed by atoms with van der Waals surface area (Å²) in [4.78, 5) is 4.44. The molecule has 2 aromatic rings. The van der Waals surface area contributed by atoms with Crippen LogP contribution in [-0.2, 0) is 17.7 Å². The fourth-order valence-corrected chi connectivity index (χ4v) is 2.41. The van der Waals surface area contributed by atoms with Crippen molar-refractivity contribution in [1.82, 2.24) is 10.1 Å². The number of aromatic nitrogens is 2. The molecule has 20 heavy (non-hydrogen) atoms. The summed E-state index contributed by atoms with van der Waals surface area (Å²) in [5.41, 5.74) is 7.62. The van der Waals surface area contributed by atoms with Gasteiger partial charge in [0.15, 0.2) is 0 Å². The maximum Gasteiger partial charge on any atom is 0.229 e. The predicted octanol–water partition coefficient (Wildman–Crippen LogP) is 2.31. The fraction of sp³-hybridized carbons (Fsp3) is 0.467. The molecule has 0 saturated carbocycles. The second kappa shape index (κ2) is 6.15. The zero-order chi connectivity index (χ0) is 13.8. The lowest BCUT2D eigenvalue weighted by Gasteiger charge is -2.20. The molecule has 5 nitrogen and oxygen atoms in total. The number of rotatable bonds is 4. The van der Waals surface area contributed by atoms with Crippen molar-refractivity contribution in [3.63, 3.8) is 0 Å². The SMILES string of the molecule is NCc1ccc(-c2noc(CC3CCCCO3)n2)cc1. The number of hydrogen-bond donors (Lipinski definition) is 1. The lowest BCUT2D eigenvalue weighted by molar-refractivity contribution is 0.0124. The minimum absolute atomic E-state index is 0.219. The summed E-state index contributed by atoms with van der Waals surface area (Å²) in [5, 5.41) is 4.03. The van der Waals surface area contributed by atoms with Crippen molar-refractivity contribution in [1.29, 1.82) is 0 Å². The molecule has 1 unspecified atom stereocenters. The maximum absolute atomic E-state index is 5.69. The van der Waals surface area contributed by atoms with Crippen LogP contribution in [0.1, 0.15) is 30.7 Å². The molecule has 0 spiro atoms. The van der Waals surface area contributed by atoms with Gasteiger partial charge in [-0.25, -0.2) is 0 Å². The fourth-order valence-electron chi connectivity index (χ4n) is 2.41. The second-order valence-corrected chi connectivity index (χ2v) is 5.11. The molecule has 106 valence electrons. The molecule has 2 heterocycles. The van der Waals surface area contributed by atoms with E-state index in [-0.39, 0.29) is 6.10 Å². The number of nitrogens with zero attached hydrogens (tertiary/aromatic N) is 2. The highest BCUT2D eigenvalue weighted by Crippen LogP contribution is 2.20. The van der Waals surface area contributed by atoms with E-state index in [1.807, 2.05) is 24.3 Å². The summed E-state index contributed by atoms with van der Waals surface area (Å²) in [6.45, 7) is 1.38. The Morgan fingerprint density at radius 1 is 1.20 bits per heavy atom. The predicted molar refractivity (Wildman–Crippen MR) is 74.9 cm³/mol. The van der Waals surface area contributed by atoms with Crippen molar-refractivity contribution in [3.05, 3.63) is 35.7 Å². The maximum atomic E-state index is 5.69. The van der Waals surface area contributed by atoms with Crippen molar-refractivity contribution < 1.29 is 9.26 Å². The van der Waals surface area contributed by atoms with E-state index >= 15 is 0 Å². The standard InChI is InChI=1S/C15H19N3O2/c16-10-11-4-6-12(7-5-11)15-17-14(20-18-15)9-13-3-1-2-8-19-13/h4-7,13H,1-3,8-10,16H2.